The van der Waals surface area contributed by atoms with Crippen LogP contribution in [-0.2, 0) is 15.6 Å². The van der Waals surface area contributed by atoms with Crippen LogP contribution in [0.5, 0.6) is 0 Å². The van der Waals surface area contributed by atoms with Gasteiger partial charge in [-0.3, -0.25) is 9.00 Å². The minimum Gasteiger partial charge on any atom is -0.481 e. The van der Waals surface area contributed by atoms with Crippen molar-refractivity contribution < 1.29 is 18.5 Å². The third-order valence-electron chi connectivity index (χ3n) is 3.21. The van der Waals surface area contributed by atoms with Crippen LogP contribution >= 0.6 is 0 Å². The van der Waals surface area contributed by atoms with Crippen molar-refractivity contribution in [3.63, 3.8) is 0 Å². The van der Waals surface area contributed by atoms with Gasteiger partial charge in [0.2, 0.25) is 0 Å². The first-order valence-electron chi connectivity index (χ1n) is 6.43. The van der Waals surface area contributed by atoms with E-state index < -0.39 is 33.6 Å². The SMILES string of the molecule is CC(c1ccc(-c2ccccc2)c(F)c1)S(=O)CC(=O)O. The van der Waals surface area contributed by atoms with E-state index in [-0.39, 0.29) is 0 Å². The Bertz CT molecular complexity index is 670. The minimum absolute atomic E-state index is 0.405. The molecule has 2 unspecified atom stereocenters. The van der Waals surface area contributed by atoms with Crippen LogP contribution in [0.3, 0.4) is 0 Å². The van der Waals surface area contributed by atoms with Gasteiger partial charge in [-0.25, -0.2) is 4.39 Å². The topological polar surface area (TPSA) is 54.4 Å². The smallest absolute Gasteiger partial charge is 0.316 e. The molecule has 0 bridgehead atoms. The highest BCUT2D eigenvalue weighted by Crippen LogP contribution is 2.27. The Morgan fingerprint density at radius 2 is 1.90 bits per heavy atom. The van der Waals surface area contributed by atoms with Crippen LogP contribution in [0.4, 0.5) is 4.39 Å². The van der Waals surface area contributed by atoms with Gasteiger partial charge in [-0.1, -0.05) is 42.5 Å². The molecule has 0 aliphatic heterocycles. The Hall–Kier alpha value is -2.01. The summed E-state index contributed by atoms with van der Waals surface area (Å²) in [5.74, 6) is -1.97. The molecule has 21 heavy (non-hydrogen) atoms. The van der Waals surface area contributed by atoms with E-state index in [9.17, 15) is 13.4 Å². The Balaban J connectivity index is 2.27. The summed E-state index contributed by atoms with van der Waals surface area (Å²) < 4.78 is 26.0. The summed E-state index contributed by atoms with van der Waals surface area (Å²) in [4.78, 5) is 10.6. The van der Waals surface area contributed by atoms with Crippen LogP contribution in [-0.4, -0.2) is 21.0 Å². The molecule has 0 fully saturated rings. The lowest BCUT2D eigenvalue weighted by molar-refractivity contribution is -0.133. The second-order valence-electron chi connectivity index (χ2n) is 4.67. The molecule has 3 nitrogen and oxygen atoms in total. The molecular formula is C16H15FO3S. The van der Waals surface area contributed by atoms with Crippen molar-refractivity contribution >= 4 is 16.8 Å². The molecule has 0 aromatic heterocycles. The fourth-order valence-corrected chi connectivity index (χ4v) is 2.98. The van der Waals surface area contributed by atoms with Gasteiger partial charge in [0.05, 0.1) is 5.25 Å². The Morgan fingerprint density at radius 3 is 2.48 bits per heavy atom. The average Bonchev–Trinajstić information content (AvgIpc) is 2.46. The molecule has 110 valence electrons. The lowest BCUT2D eigenvalue weighted by Gasteiger charge is -2.12. The van der Waals surface area contributed by atoms with E-state index in [1.54, 1.807) is 19.1 Å². The van der Waals surface area contributed by atoms with Crippen molar-refractivity contribution in [2.75, 3.05) is 5.75 Å². The highest BCUT2D eigenvalue weighted by molar-refractivity contribution is 7.85. The van der Waals surface area contributed by atoms with Crippen molar-refractivity contribution in [2.24, 2.45) is 0 Å². The lowest BCUT2D eigenvalue weighted by atomic mass is 10.0. The van der Waals surface area contributed by atoms with E-state index in [2.05, 4.69) is 0 Å². The monoisotopic (exact) mass is 306 g/mol. The van der Waals surface area contributed by atoms with Crippen molar-refractivity contribution in [1.29, 1.82) is 0 Å². The molecule has 0 aliphatic carbocycles. The molecule has 2 rings (SSSR count). The van der Waals surface area contributed by atoms with Gasteiger partial charge in [0.25, 0.3) is 0 Å². The van der Waals surface area contributed by atoms with Crippen LogP contribution in [0, 0.1) is 5.82 Å². The third-order valence-corrected chi connectivity index (χ3v) is 4.80. The van der Waals surface area contributed by atoms with E-state index >= 15 is 0 Å². The molecule has 2 aromatic carbocycles. The third kappa shape index (κ3) is 3.76. The van der Waals surface area contributed by atoms with E-state index in [1.165, 1.54) is 6.07 Å². The number of aliphatic carboxylic acids is 1. The summed E-state index contributed by atoms with van der Waals surface area (Å²) >= 11 is 0. The molecule has 5 heteroatoms. The standard InChI is InChI=1S/C16H15FO3S/c1-11(21(20)10-16(18)19)13-7-8-14(15(17)9-13)12-5-3-2-4-6-12/h2-9,11H,10H2,1H3,(H,18,19). The van der Waals surface area contributed by atoms with Gasteiger partial charge in [-0.05, 0) is 24.1 Å². The first-order chi connectivity index (χ1) is 9.99. The van der Waals surface area contributed by atoms with Gasteiger partial charge in [0.1, 0.15) is 11.6 Å². The zero-order chi connectivity index (χ0) is 15.4. The van der Waals surface area contributed by atoms with Gasteiger partial charge in [0, 0.05) is 16.4 Å². The molecule has 1 N–H and O–H groups in total. The maximum absolute atomic E-state index is 14.2. The van der Waals surface area contributed by atoms with Crippen LogP contribution in [0.15, 0.2) is 48.5 Å². The van der Waals surface area contributed by atoms with Gasteiger partial charge in [0.15, 0.2) is 0 Å². The number of hydrogen-bond acceptors (Lipinski definition) is 2. The summed E-state index contributed by atoms with van der Waals surface area (Å²) in [6, 6.07) is 13.8. The van der Waals surface area contributed by atoms with Gasteiger partial charge < -0.3 is 5.11 Å². The largest absolute Gasteiger partial charge is 0.481 e. The summed E-state index contributed by atoms with van der Waals surface area (Å²) in [6.07, 6.45) is 0. The molecule has 2 aromatic rings. The molecule has 2 atom stereocenters. The maximum atomic E-state index is 14.2. The van der Waals surface area contributed by atoms with Crippen molar-refractivity contribution in [1.82, 2.24) is 0 Å². The summed E-state index contributed by atoms with van der Waals surface area (Å²) in [6.45, 7) is 1.63. The number of benzene rings is 2. The molecule has 0 amide bonds. The van der Waals surface area contributed by atoms with E-state index in [0.29, 0.717) is 11.1 Å². The zero-order valence-corrected chi connectivity index (χ0v) is 12.3. The predicted octanol–water partition coefficient (Wildman–Crippen LogP) is 3.39. The number of carboxylic acid groups (broad SMARTS) is 1. The van der Waals surface area contributed by atoms with Gasteiger partial charge in [-0.15, -0.1) is 0 Å². The number of halogens is 1. The summed E-state index contributed by atoms with van der Waals surface area (Å²) in [5.41, 5.74) is 1.77. The Morgan fingerprint density at radius 1 is 1.24 bits per heavy atom. The van der Waals surface area contributed by atoms with Crippen molar-refractivity contribution in [3.8, 4) is 11.1 Å². The summed E-state index contributed by atoms with van der Waals surface area (Å²) in [7, 11) is -1.57. The fourth-order valence-electron chi connectivity index (χ4n) is 2.03. The Labute approximate surface area is 124 Å². The normalized spacial score (nSPS) is 13.6. The van der Waals surface area contributed by atoms with Crippen molar-refractivity contribution in [2.45, 2.75) is 12.2 Å². The second kappa shape index (κ2) is 6.63. The molecule has 0 heterocycles. The number of carboxylic acids is 1. The highest BCUT2D eigenvalue weighted by Gasteiger charge is 2.18. The van der Waals surface area contributed by atoms with Gasteiger partial charge in [-0.2, -0.15) is 0 Å². The number of rotatable bonds is 5. The van der Waals surface area contributed by atoms with Crippen molar-refractivity contribution in [3.05, 3.63) is 59.9 Å². The van der Waals surface area contributed by atoms with Gasteiger partial charge >= 0.3 is 5.97 Å². The first-order valence-corrected chi connectivity index (χ1v) is 7.81. The maximum Gasteiger partial charge on any atom is 0.316 e. The van der Waals surface area contributed by atoms with Crippen LogP contribution in [0.1, 0.15) is 17.7 Å². The molecule has 0 radical (unpaired) electrons. The molecule has 0 saturated heterocycles. The molecular weight excluding hydrogens is 291 g/mol. The van der Waals surface area contributed by atoms with Crippen LogP contribution < -0.4 is 0 Å². The summed E-state index contributed by atoms with van der Waals surface area (Å²) in [5, 5.41) is 8.13. The van der Waals surface area contributed by atoms with Crippen LogP contribution in [0.25, 0.3) is 11.1 Å². The van der Waals surface area contributed by atoms with E-state index in [0.717, 1.165) is 5.56 Å². The zero-order valence-electron chi connectivity index (χ0n) is 11.5. The second-order valence-corrected chi connectivity index (χ2v) is 6.42. The predicted molar refractivity (Wildman–Crippen MR) is 80.9 cm³/mol. The first kappa shape index (κ1) is 15.4. The van der Waals surface area contributed by atoms with E-state index in [1.807, 2.05) is 30.3 Å². The minimum atomic E-state index is -1.57. The number of hydrogen-bond donors (Lipinski definition) is 1. The average molecular weight is 306 g/mol. The van der Waals surface area contributed by atoms with E-state index in [4.69, 9.17) is 5.11 Å². The molecule has 0 aliphatic rings. The number of carbonyl (C=O) groups is 1. The molecule has 0 spiro atoms. The molecule has 0 saturated carbocycles. The van der Waals surface area contributed by atoms with Crippen LogP contribution in [0.2, 0.25) is 0 Å². The fraction of sp³-hybridized carbons (Fsp3) is 0.188. The highest BCUT2D eigenvalue weighted by atomic mass is 32.2. The lowest BCUT2D eigenvalue weighted by Crippen LogP contribution is -2.14. The quantitative estimate of drug-likeness (QED) is 0.921. The Kier molecular flexibility index (Phi) is 4.85.